The highest BCUT2D eigenvalue weighted by atomic mass is 35.5. The molecule has 5 aromatic rings. The molecule has 10 heteroatoms. The van der Waals surface area contributed by atoms with Crippen LogP contribution in [0.25, 0.3) is 22.0 Å². The highest BCUT2D eigenvalue weighted by molar-refractivity contribution is 6.31. The second kappa shape index (κ2) is 12.3. The number of methoxy groups -OCH3 is 2. The zero-order valence-corrected chi connectivity index (χ0v) is 23.2. The van der Waals surface area contributed by atoms with E-state index < -0.39 is 11.9 Å². The Balaban J connectivity index is 1.37. The van der Waals surface area contributed by atoms with Crippen LogP contribution < -0.4 is 19.6 Å². The van der Waals surface area contributed by atoms with Crippen molar-refractivity contribution in [1.82, 2.24) is 10.4 Å². The van der Waals surface area contributed by atoms with Gasteiger partial charge >= 0.3 is 5.97 Å². The van der Waals surface area contributed by atoms with Crippen molar-refractivity contribution in [3.05, 3.63) is 112 Å². The summed E-state index contributed by atoms with van der Waals surface area (Å²) in [5.41, 5.74) is 6.02. The summed E-state index contributed by atoms with van der Waals surface area (Å²) in [4.78, 5) is 29.2. The minimum atomic E-state index is -0.673. The molecule has 5 rings (SSSR count). The summed E-state index contributed by atoms with van der Waals surface area (Å²) in [7, 11) is 2.88. The van der Waals surface area contributed by atoms with Crippen molar-refractivity contribution >= 4 is 40.6 Å². The van der Waals surface area contributed by atoms with E-state index in [0.717, 1.165) is 10.9 Å². The van der Waals surface area contributed by atoms with E-state index in [1.54, 1.807) is 42.5 Å². The lowest BCUT2D eigenvalue weighted by Gasteiger charge is -2.12. The topological polar surface area (TPSA) is 126 Å². The number of carbonyl (C=O) groups excluding carboxylic acids is 2. The quantitative estimate of drug-likeness (QED) is 0.0955. The lowest BCUT2D eigenvalue weighted by molar-refractivity contribution is 0.0726. The summed E-state index contributed by atoms with van der Waals surface area (Å²) in [6.07, 6.45) is 1.43. The van der Waals surface area contributed by atoms with E-state index in [4.69, 9.17) is 25.8 Å². The minimum Gasteiger partial charge on any atom is -0.496 e. The molecule has 0 aliphatic rings. The minimum absolute atomic E-state index is 0.161. The second-order valence-corrected chi connectivity index (χ2v) is 9.36. The molecular weight excluding hydrogens is 556 g/mol. The number of H-pyrrole nitrogens is 1. The van der Waals surface area contributed by atoms with Gasteiger partial charge in [-0.1, -0.05) is 54.1 Å². The fourth-order valence-electron chi connectivity index (χ4n) is 4.45. The lowest BCUT2D eigenvalue weighted by atomic mass is 10.0. The average molecular weight is 579 g/mol. The Morgan fingerprint density at radius 1 is 0.929 bits per heavy atom. The third-order valence-electron chi connectivity index (χ3n) is 6.40. The summed E-state index contributed by atoms with van der Waals surface area (Å²) in [6.45, 7) is 0. The van der Waals surface area contributed by atoms with E-state index in [0.29, 0.717) is 33.0 Å². The summed E-state index contributed by atoms with van der Waals surface area (Å²) in [6, 6.07) is 26.3. The molecule has 0 unspecified atom stereocenters. The predicted molar refractivity (Wildman–Crippen MR) is 159 cm³/mol. The van der Waals surface area contributed by atoms with Crippen LogP contribution in [-0.2, 0) is 0 Å². The standard InChI is InChI=1S/C32H23ClN4O5/c1-40-25-14-12-22(33)16-24(25)32(39)42-26-13-11-19(15-27(26)41-2)18-35-37-31(38)30-28(20-7-4-3-5-8-20)23-10-6-9-21(17-34)29(23)36-30/h3-16,18,36H,1-2H3,(H,37,38). The first-order valence-corrected chi connectivity index (χ1v) is 13.0. The average Bonchev–Trinajstić information content (AvgIpc) is 3.42. The SMILES string of the molecule is COc1cc(C=NNC(=O)c2[nH]c3c(C#N)cccc3c2-c2ccccc2)ccc1OC(=O)c1cc(Cl)ccc1OC. The van der Waals surface area contributed by atoms with E-state index in [1.165, 1.54) is 26.5 Å². The molecule has 0 saturated carbocycles. The molecule has 9 nitrogen and oxygen atoms in total. The number of nitriles is 1. The molecule has 4 aromatic carbocycles. The third kappa shape index (κ3) is 5.66. The number of aromatic nitrogens is 1. The van der Waals surface area contributed by atoms with Gasteiger partial charge in [0.05, 0.1) is 31.5 Å². The first-order chi connectivity index (χ1) is 20.4. The Bertz CT molecular complexity index is 1880. The molecule has 1 aromatic heterocycles. The van der Waals surface area contributed by atoms with Crippen molar-refractivity contribution in [2.45, 2.75) is 0 Å². The van der Waals surface area contributed by atoms with E-state index >= 15 is 0 Å². The van der Waals surface area contributed by atoms with Crippen LogP contribution in [0.3, 0.4) is 0 Å². The Labute approximate surface area is 245 Å². The number of halogens is 1. The van der Waals surface area contributed by atoms with Crippen LogP contribution in [0.2, 0.25) is 5.02 Å². The molecule has 0 fully saturated rings. The van der Waals surface area contributed by atoms with Gasteiger partial charge in [0.25, 0.3) is 5.91 Å². The van der Waals surface area contributed by atoms with Crippen molar-refractivity contribution in [3.8, 4) is 34.4 Å². The summed E-state index contributed by atoms with van der Waals surface area (Å²) < 4.78 is 16.2. The number of aromatic amines is 1. The first-order valence-electron chi connectivity index (χ1n) is 12.6. The van der Waals surface area contributed by atoms with Gasteiger partial charge in [0.15, 0.2) is 11.5 Å². The van der Waals surface area contributed by atoms with Crippen molar-refractivity contribution in [2.75, 3.05) is 14.2 Å². The van der Waals surface area contributed by atoms with Crippen LogP contribution in [0.4, 0.5) is 0 Å². The fraction of sp³-hybridized carbons (Fsp3) is 0.0625. The monoisotopic (exact) mass is 578 g/mol. The maximum Gasteiger partial charge on any atom is 0.347 e. The number of para-hydroxylation sites is 1. The van der Waals surface area contributed by atoms with Crippen molar-refractivity contribution in [1.29, 1.82) is 5.26 Å². The van der Waals surface area contributed by atoms with E-state index in [-0.39, 0.29) is 22.8 Å². The number of hydrogen-bond acceptors (Lipinski definition) is 7. The molecule has 1 heterocycles. The zero-order valence-electron chi connectivity index (χ0n) is 22.5. The van der Waals surface area contributed by atoms with Crippen LogP contribution in [0.15, 0.2) is 90.0 Å². The van der Waals surface area contributed by atoms with E-state index in [1.807, 2.05) is 36.4 Å². The summed E-state index contributed by atoms with van der Waals surface area (Å²) in [5.74, 6) is -0.404. The number of ether oxygens (including phenoxy) is 3. The molecule has 0 aliphatic heterocycles. The smallest absolute Gasteiger partial charge is 0.347 e. The highest BCUT2D eigenvalue weighted by Crippen LogP contribution is 2.34. The second-order valence-electron chi connectivity index (χ2n) is 8.92. The Hall–Kier alpha value is -5.59. The van der Waals surface area contributed by atoms with E-state index in [9.17, 15) is 14.9 Å². The van der Waals surface area contributed by atoms with Gasteiger partial charge in [0, 0.05) is 16.0 Å². The van der Waals surface area contributed by atoms with Crippen molar-refractivity contribution in [2.24, 2.45) is 5.10 Å². The van der Waals surface area contributed by atoms with Crippen molar-refractivity contribution in [3.63, 3.8) is 0 Å². The zero-order chi connectivity index (χ0) is 29.6. The molecule has 1 amide bonds. The highest BCUT2D eigenvalue weighted by Gasteiger charge is 2.21. The number of hydrazone groups is 1. The van der Waals surface area contributed by atoms with Gasteiger partial charge in [-0.05, 0) is 53.6 Å². The summed E-state index contributed by atoms with van der Waals surface area (Å²) >= 11 is 6.04. The first kappa shape index (κ1) is 28.0. The lowest BCUT2D eigenvalue weighted by Crippen LogP contribution is -2.19. The van der Waals surface area contributed by atoms with Gasteiger partial charge in [-0.15, -0.1) is 0 Å². The maximum atomic E-state index is 13.3. The number of amides is 1. The van der Waals surface area contributed by atoms with Crippen LogP contribution in [0, 0.1) is 11.3 Å². The van der Waals surface area contributed by atoms with Crippen molar-refractivity contribution < 1.29 is 23.8 Å². The fourth-order valence-corrected chi connectivity index (χ4v) is 4.62. The normalized spacial score (nSPS) is 10.8. The van der Waals surface area contributed by atoms with Gasteiger partial charge in [-0.25, -0.2) is 10.2 Å². The number of rotatable bonds is 8. The molecule has 0 aliphatic carbocycles. The van der Waals surface area contributed by atoms with Crippen LogP contribution >= 0.6 is 11.6 Å². The number of fused-ring (bicyclic) bond motifs is 1. The Morgan fingerprint density at radius 3 is 2.43 bits per heavy atom. The number of nitrogens with zero attached hydrogens (tertiary/aromatic N) is 2. The largest absolute Gasteiger partial charge is 0.496 e. The van der Waals surface area contributed by atoms with Gasteiger partial charge in [0.2, 0.25) is 0 Å². The molecule has 208 valence electrons. The number of esters is 1. The van der Waals surface area contributed by atoms with Gasteiger partial charge in [-0.2, -0.15) is 10.4 Å². The molecule has 0 spiro atoms. The number of carbonyl (C=O) groups is 2. The molecule has 0 atom stereocenters. The van der Waals surface area contributed by atoms with Gasteiger partial charge in [-0.3, -0.25) is 4.79 Å². The molecule has 0 saturated heterocycles. The summed E-state index contributed by atoms with van der Waals surface area (Å²) in [5, 5.41) is 14.8. The predicted octanol–water partition coefficient (Wildman–Crippen LogP) is 6.36. The van der Waals surface area contributed by atoms with Crippen LogP contribution in [-0.4, -0.2) is 37.3 Å². The molecule has 0 radical (unpaired) electrons. The molecule has 0 bridgehead atoms. The Kier molecular flexibility index (Phi) is 8.18. The number of benzene rings is 4. The molecule has 2 N–H and O–H groups in total. The van der Waals surface area contributed by atoms with Crippen LogP contribution in [0.5, 0.6) is 17.2 Å². The van der Waals surface area contributed by atoms with E-state index in [2.05, 4.69) is 21.6 Å². The number of nitrogens with one attached hydrogen (secondary N) is 2. The number of hydrogen-bond donors (Lipinski definition) is 2. The third-order valence-corrected chi connectivity index (χ3v) is 6.63. The molecule has 42 heavy (non-hydrogen) atoms. The Morgan fingerprint density at radius 2 is 1.69 bits per heavy atom. The van der Waals surface area contributed by atoms with Gasteiger partial charge < -0.3 is 19.2 Å². The van der Waals surface area contributed by atoms with Crippen LogP contribution in [0.1, 0.15) is 32.0 Å². The van der Waals surface area contributed by atoms with Gasteiger partial charge in [0.1, 0.15) is 23.1 Å². The molecular formula is C32H23ClN4O5. The maximum absolute atomic E-state index is 13.3.